The smallest absolute Gasteiger partial charge is 0.301 e. The maximum absolute atomic E-state index is 14.9. The van der Waals surface area contributed by atoms with Gasteiger partial charge in [-0.05, 0) is 162 Å². The number of hydrogen-bond donors (Lipinski definition) is 7. The molecule has 119 heavy (non-hydrogen) atoms. The van der Waals surface area contributed by atoms with Crippen molar-refractivity contribution >= 4 is 52.5 Å². The van der Waals surface area contributed by atoms with Gasteiger partial charge in [-0.25, -0.2) is 26.3 Å². The number of aliphatic hydroxyl groups is 4. The lowest BCUT2D eigenvalue weighted by atomic mass is 10.0. The average Bonchev–Trinajstić information content (AvgIpc) is 1.75. The van der Waals surface area contributed by atoms with Crippen molar-refractivity contribution in [3.05, 3.63) is 210 Å². The molecule has 614 valence electrons. The second-order valence-electron chi connectivity index (χ2n) is 29.6. The van der Waals surface area contributed by atoms with E-state index in [1.54, 1.807) is 96.3 Å². The number of anilines is 3. The van der Waals surface area contributed by atoms with Gasteiger partial charge in [0, 0.05) is 135 Å². The molecular formula is C85H79F6N15O13. The number of piperidine rings is 3. The number of rotatable bonds is 22. The summed E-state index contributed by atoms with van der Waals surface area (Å²) in [6, 6.07) is 41.1. The van der Waals surface area contributed by atoms with Crippen LogP contribution in [0.15, 0.2) is 177 Å². The number of nitrogens with one attached hydrogen (secondary N) is 3. The van der Waals surface area contributed by atoms with Gasteiger partial charge < -0.3 is 65.3 Å². The Morgan fingerprint density at radius 1 is 0.487 bits per heavy atom. The minimum absolute atomic E-state index is 0.00585. The van der Waals surface area contributed by atoms with Gasteiger partial charge in [0.05, 0.1) is 60.5 Å². The molecule has 0 spiro atoms. The lowest BCUT2D eigenvalue weighted by molar-refractivity contribution is -0.167. The molecule has 6 fully saturated rings. The van der Waals surface area contributed by atoms with Crippen LogP contribution in [-0.2, 0) is 35.8 Å². The molecule has 3 aliphatic heterocycles. The van der Waals surface area contributed by atoms with Crippen LogP contribution in [0.2, 0.25) is 0 Å². The van der Waals surface area contributed by atoms with Gasteiger partial charge in [0.1, 0.15) is 48.7 Å². The number of aromatic nitrogens is 6. The summed E-state index contributed by atoms with van der Waals surface area (Å²) in [7, 11) is 1.83. The highest BCUT2D eigenvalue weighted by Crippen LogP contribution is 2.50. The highest BCUT2D eigenvalue weighted by Gasteiger charge is 2.52. The van der Waals surface area contributed by atoms with Gasteiger partial charge >= 0.3 is 17.8 Å². The lowest BCUT2D eigenvalue weighted by Gasteiger charge is -2.38. The largest absolute Gasteiger partial charge is 0.483 e. The molecule has 6 aliphatic rings. The number of benzene rings is 4. The molecule has 0 unspecified atom stereocenters. The van der Waals surface area contributed by atoms with E-state index < -0.39 is 99.4 Å². The normalized spacial score (nSPS) is 21.6. The molecule has 15 rings (SSSR count). The number of ether oxygens (including phenoxy) is 3. The van der Waals surface area contributed by atoms with Crippen LogP contribution >= 0.6 is 0 Å². The molecule has 6 amide bonds. The molecule has 7 N–H and O–H groups in total. The Balaban J connectivity index is 0.000000155. The molecule has 9 aromatic rings. The van der Waals surface area contributed by atoms with Crippen LogP contribution in [0.25, 0.3) is 33.6 Å². The molecule has 3 saturated carbocycles. The van der Waals surface area contributed by atoms with Gasteiger partial charge in [0.25, 0.3) is 5.91 Å². The standard InChI is InChI=1S/C30H28F2N4O5.C28H25F2N5O4.C27H26F2N6O4/c31-30(32)17-36(29(40)25(38)16-37)10-8-27(30)41-26-7-6-19(11-21(26)14-33)18-3-1-5-22(12-18)35-28(39)24-13-23(24)20-4-2-9-34-15-20;29-28(30)16-35(26(37)15-36)9-6-25(28)39-24-4-3-17(10-19(24)13-31)23-11-20(5-8-33-23)34-27(38)22-12-21(22)18-2-1-7-32-14-18;1-34-13-18(12-32-34)20-10-21(20)26(38)33-19-4-6-31-22(9-19)16-2-3-23(17(8-16)11-30)39-24-5-7-35(25(37)14-36)15-27(24,28)29/h1-7,9,11-12,15,23-25,27,37-38H,8,10,13,16-17H2,(H,35,39);1-5,7-8,10-11,14,21-22,25,36H,6,9,12,15-16H2,(H,33,34,38);2-4,6,8-9,12-13,20-21,24,36H,5,7,10,14-15H2,1H3,(H,31,33,38)/t23-,24+,25-,27-;21-,22+,25-;20-,21+,24-/m000/s1. The summed E-state index contributed by atoms with van der Waals surface area (Å²) in [5.41, 5.74) is 8.33. The highest BCUT2D eigenvalue weighted by molar-refractivity contribution is 5.97. The van der Waals surface area contributed by atoms with Crippen molar-refractivity contribution in [1.82, 2.24) is 44.4 Å². The fourth-order valence-corrected chi connectivity index (χ4v) is 14.6. The molecule has 4 aromatic carbocycles. The minimum Gasteiger partial charge on any atom is -0.483 e. The van der Waals surface area contributed by atoms with E-state index in [4.69, 9.17) is 29.5 Å². The average molecular weight is 1630 g/mol. The molecule has 34 heteroatoms. The highest BCUT2D eigenvalue weighted by atomic mass is 19.3. The molecule has 0 bridgehead atoms. The Morgan fingerprint density at radius 3 is 1.27 bits per heavy atom. The van der Waals surface area contributed by atoms with Crippen molar-refractivity contribution in [2.45, 2.75) is 98.5 Å². The Labute approximate surface area is 677 Å². The van der Waals surface area contributed by atoms with Crippen molar-refractivity contribution in [2.75, 3.05) is 75.0 Å². The molecule has 5 aromatic heterocycles. The van der Waals surface area contributed by atoms with Crippen molar-refractivity contribution < 1.29 is 89.7 Å². The third-order valence-electron chi connectivity index (χ3n) is 21.3. The number of aliphatic hydroxyl groups excluding tert-OH is 4. The van der Waals surface area contributed by atoms with Gasteiger partial charge in [-0.1, -0.05) is 30.3 Å². The number of aryl methyl sites for hydroxylation is 1. The Kier molecular flexibility index (Phi) is 25.4. The topological polar surface area (TPSA) is 398 Å². The van der Waals surface area contributed by atoms with Crippen LogP contribution in [0, 0.1) is 51.7 Å². The number of alkyl halides is 6. The van der Waals surface area contributed by atoms with E-state index in [-0.39, 0.29) is 126 Å². The summed E-state index contributed by atoms with van der Waals surface area (Å²) in [5, 5.41) is 78.4. The number of carbonyl (C=O) groups excluding carboxylic acids is 6. The van der Waals surface area contributed by atoms with Crippen LogP contribution in [0.3, 0.4) is 0 Å². The molecule has 0 radical (unpaired) electrons. The summed E-state index contributed by atoms with van der Waals surface area (Å²) in [6.45, 7) is -5.35. The van der Waals surface area contributed by atoms with E-state index >= 15 is 0 Å². The summed E-state index contributed by atoms with van der Waals surface area (Å²) < 4.78 is 107. The minimum atomic E-state index is -3.45. The predicted octanol–water partition coefficient (Wildman–Crippen LogP) is 9.40. The second-order valence-corrected chi connectivity index (χ2v) is 29.6. The monoisotopic (exact) mass is 1630 g/mol. The van der Waals surface area contributed by atoms with Gasteiger partial charge in [-0.3, -0.25) is 53.4 Å². The molecule has 28 nitrogen and oxygen atoms in total. The van der Waals surface area contributed by atoms with Gasteiger partial charge in [0.15, 0.2) is 24.4 Å². The number of likely N-dealkylation sites (tertiary alicyclic amines) is 3. The SMILES string of the molecule is Cn1cc([C@@H]2C[C@H]2C(=O)Nc2ccnc(-c3ccc(O[C@H]4CCN(C(=O)CO)CC4(F)F)c(C#N)c3)c2)cn1.N#Cc1cc(-c2cc(NC(=O)[C@@H]3C[C@H]3c3cccnc3)ccn2)ccc1O[C@H]1CCN(C(=O)CO)CC1(F)F.N#Cc1cc(-c2cccc(NC(=O)[C@@H]3C[C@H]3c3cccnc3)c2)ccc1O[C@H]1CCN(C(=O)[C@@H](O)CO)CC1(F)F. The van der Waals surface area contributed by atoms with Crippen LogP contribution in [0.4, 0.5) is 43.4 Å². The zero-order valence-corrected chi connectivity index (χ0v) is 63.7. The van der Waals surface area contributed by atoms with Crippen LogP contribution in [0.1, 0.15) is 89.7 Å². The first-order chi connectivity index (χ1) is 57.2. The first-order valence-electron chi connectivity index (χ1n) is 38.0. The molecule has 3 saturated heterocycles. The van der Waals surface area contributed by atoms with E-state index in [2.05, 4.69) is 41.0 Å². The second kappa shape index (κ2) is 36.1. The van der Waals surface area contributed by atoms with Crippen LogP contribution in [0.5, 0.6) is 17.2 Å². The van der Waals surface area contributed by atoms with E-state index in [0.29, 0.717) is 50.7 Å². The number of nitriles is 3. The van der Waals surface area contributed by atoms with Crippen LogP contribution in [-0.4, -0.2) is 202 Å². The Morgan fingerprint density at radius 2 is 0.882 bits per heavy atom. The molecule has 8 heterocycles. The summed E-state index contributed by atoms with van der Waals surface area (Å²) >= 11 is 0. The van der Waals surface area contributed by atoms with Crippen molar-refractivity contribution in [1.29, 1.82) is 15.8 Å². The lowest BCUT2D eigenvalue weighted by Crippen LogP contribution is -2.57. The fraction of sp³-hybridized carbons (Fsp3) is 0.341. The molecule has 10 atom stereocenters. The third-order valence-corrected chi connectivity index (χ3v) is 21.3. The van der Waals surface area contributed by atoms with Gasteiger partial charge in [0.2, 0.25) is 29.5 Å². The number of carbonyl (C=O) groups is 6. The quantitative estimate of drug-likeness (QED) is 0.0310. The number of amides is 6. The van der Waals surface area contributed by atoms with Crippen LogP contribution < -0.4 is 30.2 Å². The van der Waals surface area contributed by atoms with Crippen molar-refractivity contribution in [2.24, 2.45) is 24.8 Å². The van der Waals surface area contributed by atoms with Gasteiger partial charge in [-0.15, -0.1) is 0 Å². The summed E-state index contributed by atoms with van der Waals surface area (Å²) in [6.07, 6.45) is 8.97. The first kappa shape index (κ1) is 83.7. The van der Waals surface area contributed by atoms with Crippen molar-refractivity contribution in [3.8, 4) is 69.1 Å². The van der Waals surface area contributed by atoms with E-state index in [0.717, 1.165) is 50.7 Å². The van der Waals surface area contributed by atoms with E-state index in [1.165, 1.54) is 48.8 Å². The zero-order valence-electron chi connectivity index (χ0n) is 63.7. The summed E-state index contributed by atoms with van der Waals surface area (Å²) in [5.74, 6) is -13.0. The molecular weight excluding hydrogens is 1550 g/mol. The first-order valence-corrected chi connectivity index (χ1v) is 38.0. The fourth-order valence-electron chi connectivity index (χ4n) is 14.6. The zero-order chi connectivity index (χ0) is 84.5. The number of hydrogen-bond acceptors (Lipinski definition) is 21. The maximum atomic E-state index is 14.9. The number of nitrogens with zero attached hydrogens (tertiary/aromatic N) is 12. The number of halogens is 6. The third kappa shape index (κ3) is 20.1. The Bertz CT molecular complexity index is 5400. The van der Waals surface area contributed by atoms with Gasteiger partial charge in [-0.2, -0.15) is 20.9 Å². The summed E-state index contributed by atoms with van der Waals surface area (Å²) in [4.78, 5) is 93.0. The van der Waals surface area contributed by atoms with Crippen molar-refractivity contribution in [3.63, 3.8) is 0 Å². The predicted molar refractivity (Wildman–Crippen MR) is 414 cm³/mol. The maximum Gasteiger partial charge on any atom is 0.301 e. The molecule has 3 aliphatic carbocycles. The van der Waals surface area contributed by atoms with E-state index in [9.17, 15) is 76.0 Å². The van der Waals surface area contributed by atoms with E-state index in [1.807, 2.05) is 61.8 Å². The Hall–Kier alpha value is -13.2. The number of pyridine rings is 4.